The van der Waals surface area contributed by atoms with E-state index in [0.717, 1.165) is 4.68 Å². The molecule has 0 N–H and O–H groups in total. The molecule has 0 aliphatic carbocycles. The number of hydrogen-bond acceptors (Lipinski definition) is 3. The molecular formula is C8H10Br2N2O2. The monoisotopic (exact) mass is 324 g/mol. The van der Waals surface area contributed by atoms with E-state index in [-0.39, 0.29) is 0 Å². The maximum absolute atomic E-state index is 11.5. The van der Waals surface area contributed by atoms with Crippen molar-refractivity contribution in [2.24, 2.45) is 0 Å². The van der Waals surface area contributed by atoms with Crippen molar-refractivity contribution in [2.75, 3.05) is 0 Å². The number of halogens is 2. The lowest BCUT2D eigenvalue weighted by molar-refractivity contribution is 0.0510. The van der Waals surface area contributed by atoms with Gasteiger partial charge in [-0.1, -0.05) is 0 Å². The van der Waals surface area contributed by atoms with Crippen molar-refractivity contribution in [2.45, 2.75) is 26.4 Å². The Balaban J connectivity index is 2.85. The summed E-state index contributed by atoms with van der Waals surface area (Å²) in [5.41, 5.74) is -0.519. The maximum atomic E-state index is 11.5. The predicted octanol–water partition coefficient (Wildman–Crippen LogP) is 3.19. The summed E-state index contributed by atoms with van der Waals surface area (Å²) in [6.45, 7) is 5.41. The van der Waals surface area contributed by atoms with Crippen molar-refractivity contribution in [3.8, 4) is 0 Å². The van der Waals surface area contributed by atoms with Crippen LogP contribution in [0.5, 0.6) is 0 Å². The van der Waals surface area contributed by atoms with Crippen LogP contribution in [0.15, 0.2) is 15.3 Å². The molecule has 0 unspecified atom stereocenters. The molecule has 0 saturated carbocycles. The van der Waals surface area contributed by atoms with Gasteiger partial charge in [0.2, 0.25) is 0 Å². The van der Waals surface area contributed by atoms with Crippen molar-refractivity contribution < 1.29 is 9.53 Å². The van der Waals surface area contributed by atoms with Crippen LogP contribution in [0, 0.1) is 0 Å². The van der Waals surface area contributed by atoms with Crippen molar-refractivity contribution in [3.63, 3.8) is 0 Å². The number of carbonyl (C=O) groups excluding carboxylic acids is 1. The van der Waals surface area contributed by atoms with E-state index in [1.807, 2.05) is 0 Å². The second kappa shape index (κ2) is 4.02. The van der Waals surface area contributed by atoms with Gasteiger partial charge in [0.25, 0.3) is 0 Å². The largest absolute Gasteiger partial charge is 0.442 e. The lowest BCUT2D eigenvalue weighted by Gasteiger charge is -2.19. The predicted molar refractivity (Wildman–Crippen MR) is 59.3 cm³/mol. The molecule has 0 bridgehead atoms. The van der Waals surface area contributed by atoms with E-state index in [1.54, 1.807) is 26.8 Å². The zero-order chi connectivity index (χ0) is 10.9. The topological polar surface area (TPSA) is 44.1 Å². The number of nitrogens with zero attached hydrogens (tertiary/aromatic N) is 2. The molecule has 14 heavy (non-hydrogen) atoms. The summed E-state index contributed by atoms with van der Waals surface area (Å²) in [7, 11) is 0. The summed E-state index contributed by atoms with van der Waals surface area (Å²) in [6, 6.07) is 1.67. The minimum absolute atomic E-state index is 0.505. The van der Waals surface area contributed by atoms with Gasteiger partial charge in [0.05, 0.1) is 0 Å². The van der Waals surface area contributed by atoms with Crippen LogP contribution >= 0.6 is 31.9 Å². The van der Waals surface area contributed by atoms with E-state index in [0.29, 0.717) is 9.21 Å². The molecule has 78 valence electrons. The van der Waals surface area contributed by atoms with Gasteiger partial charge in [-0.05, 0) is 52.6 Å². The minimum atomic E-state index is -0.519. The van der Waals surface area contributed by atoms with Gasteiger partial charge in [0.1, 0.15) is 14.8 Å². The highest BCUT2D eigenvalue weighted by molar-refractivity contribution is 9.11. The average molecular weight is 326 g/mol. The van der Waals surface area contributed by atoms with Crippen LogP contribution in [0.25, 0.3) is 0 Å². The molecule has 1 rings (SSSR count). The lowest BCUT2D eigenvalue weighted by atomic mass is 10.2. The molecule has 0 radical (unpaired) electrons. The van der Waals surface area contributed by atoms with Gasteiger partial charge in [-0.2, -0.15) is 9.78 Å². The van der Waals surface area contributed by atoms with Crippen LogP contribution in [0.3, 0.4) is 0 Å². The van der Waals surface area contributed by atoms with Crippen LogP contribution in [-0.4, -0.2) is 21.5 Å². The number of hydrogen-bond donors (Lipinski definition) is 0. The molecule has 4 nitrogen and oxygen atoms in total. The van der Waals surface area contributed by atoms with Gasteiger partial charge in [-0.25, -0.2) is 4.79 Å². The fourth-order valence-electron chi connectivity index (χ4n) is 0.765. The summed E-state index contributed by atoms with van der Waals surface area (Å²) in [6.07, 6.45) is -0.505. The minimum Gasteiger partial charge on any atom is -0.442 e. The van der Waals surface area contributed by atoms with E-state index in [1.165, 1.54) is 0 Å². The van der Waals surface area contributed by atoms with Gasteiger partial charge in [0.15, 0.2) is 0 Å². The fourth-order valence-corrected chi connectivity index (χ4v) is 1.89. The van der Waals surface area contributed by atoms with Gasteiger partial charge < -0.3 is 4.74 Å². The molecule has 6 heteroatoms. The van der Waals surface area contributed by atoms with E-state index in [2.05, 4.69) is 37.0 Å². The Hall–Kier alpha value is -0.360. The highest BCUT2D eigenvalue weighted by atomic mass is 79.9. The van der Waals surface area contributed by atoms with Crippen LogP contribution in [0.2, 0.25) is 0 Å². The van der Waals surface area contributed by atoms with Crippen molar-refractivity contribution in [1.29, 1.82) is 0 Å². The molecule has 0 spiro atoms. The quantitative estimate of drug-likeness (QED) is 0.735. The smallest absolute Gasteiger partial charge is 0.436 e. The molecule has 0 atom stereocenters. The van der Waals surface area contributed by atoms with E-state index in [9.17, 15) is 4.79 Å². The number of carbonyl (C=O) groups is 1. The van der Waals surface area contributed by atoms with Crippen LogP contribution < -0.4 is 0 Å². The first-order chi connectivity index (χ1) is 6.29. The van der Waals surface area contributed by atoms with Crippen molar-refractivity contribution >= 4 is 38.0 Å². The molecule has 1 heterocycles. The van der Waals surface area contributed by atoms with E-state index < -0.39 is 11.7 Å². The van der Waals surface area contributed by atoms with Crippen molar-refractivity contribution in [1.82, 2.24) is 9.78 Å². The first-order valence-electron chi connectivity index (χ1n) is 3.94. The standard InChI is InChI=1S/C8H10Br2N2O2/c1-8(2,3)14-7(13)12-6(10)4-5(9)11-12/h4H,1-3H3. The zero-order valence-corrected chi connectivity index (χ0v) is 11.2. The maximum Gasteiger partial charge on any atom is 0.436 e. The number of aromatic nitrogens is 2. The summed E-state index contributed by atoms with van der Waals surface area (Å²) in [5, 5.41) is 3.91. The second-order valence-electron chi connectivity index (χ2n) is 3.68. The highest BCUT2D eigenvalue weighted by Crippen LogP contribution is 2.18. The van der Waals surface area contributed by atoms with Crippen LogP contribution in [0.1, 0.15) is 20.8 Å². The SMILES string of the molecule is CC(C)(C)OC(=O)n1nc(Br)cc1Br. The van der Waals surface area contributed by atoms with Gasteiger partial charge in [0, 0.05) is 6.07 Å². The summed E-state index contributed by atoms with van der Waals surface area (Å²) < 4.78 is 7.41. The van der Waals surface area contributed by atoms with Crippen LogP contribution in [0.4, 0.5) is 4.79 Å². The summed E-state index contributed by atoms with van der Waals surface area (Å²) in [5.74, 6) is 0. The van der Waals surface area contributed by atoms with Crippen LogP contribution in [-0.2, 0) is 4.74 Å². The number of rotatable bonds is 0. The fraction of sp³-hybridized carbons (Fsp3) is 0.500. The third-order valence-corrected chi connectivity index (χ3v) is 2.15. The molecule has 0 aliphatic heterocycles. The Morgan fingerprint density at radius 1 is 1.50 bits per heavy atom. The first-order valence-corrected chi connectivity index (χ1v) is 5.52. The van der Waals surface area contributed by atoms with Gasteiger partial charge in [-0.15, -0.1) is 0 Å². The third kappa shape index (κ3) is 3.09. The Bertz CT molecular complexity index is 355. The molecule has 1 aromatic rings. The molecule has 1 aromatic heterocycles. The summed E-state index contributed by atoms with van der Waals surface area (Å²) >= 11 is 6.36. The number of ether oxygens (including phenoxy) is 1. The molecular weight excluding hydrogens is 316 g/mol. The first kappa shape index (κ1) is 11.7. The normalized spacial score (nSPS) is 11.5. The average Bonchev–Trinajstić information content (AvgIpc) is 2.26. The lowest BCUT2D eigenvalue weighted by Crippen LogP contribution is -2.27. The Morgan fingerprint density at radius 3 is 2.43 bits per heavy atom. The molecule has 0 aromatic carbocycles. The Morgan fingerprint density at radius 2 is 2.07 bits per heavy atom. The highest BCUT2D eigenvalue weighted by Gasteiger charge is 2.20. The Labute approximate surface area is 98.9 Å². The molecule has 0 amide bonds. The molecule has 0 saturated heterocycles. The molecule has 0 aliphatic rings. The third-order valence-electron chi connectivity index (χ3n) is 1.20. The van der Waals surface area contributed by atoms with Gasteiger partial charge >= 0.3 is 6.09 Å². The zero-order valence-electron chi connectivity index (χ0n) is 8.04. The Kier molecular flexibility index (Phi) is 3.36. The van der Waals surface area contributed by atoms with E-state index in [4.69, 9.17) is 4.74 Å². The van der Waals surface area contributed by atoms with E-state index >= 15 is 0 Å². The summed E-state index contributed by atoms with van der Waals surface area (Å²) in [4.78, 5) is 11.5. The molecule has 0 fully saturated rings. The second-order valence-corrected chi connectivity index (χ2v) is 5.31. The van der Waals surface area contributed by atoms with Crippen molar-refractivity contribution in [3.05, 3.63) is 15.3 Å². The van der Waals surface area contributed by atoms with Gasteiger partial charge in [-0.3, -0.25) is 0 Å².